The fourth-order valence-electron chi connectivity index (χ4n) is 9.93. The Bertz CT molecular complexity index is 1800. The number of phosphoric acid groups is 2. The van der Waals surface area contributed by atoms with E-state index in [2.05, 4.69) is 58.9 Å². The van der Waals surface area contributed by atoms with Crippen molar-refractivity contribution in [2.45, 2.75) is 348 Å². The van der Waals surface area contributed by atoms with Gasteiger partial charge in [0.05, 0.1) is 26.4 Å². The van der Waals surface area contributed by atoms with Crippen LogP contribution in [0.25, 0.3) is 0 Å². The number of rotatable bonds is 67. The number of carbonyl (C=O) groups excluding carboxylic acids is 4. The van der Waals surface area contributed by atoms with E-state index in [-0.39, 0.29) is 25.7 Å². The highest BCUT2D eigenvalue weighted by Gasteiger charge is 2.30. The Balaban J connectivity index is 5.20. The van der Waals surface area contributed by atoms with Crippen molar-refractivity contribution in [3.63, 3.8) is 0 Å². The van der Waals surface area contributed by atoms with Gasteiger partial charge in [0.1, 0.15) is 19.3 Å². The van der Waals surface area contributed by atoms with E-state index < -0.39 is 97.5 Å². The minimum atomic E-state index is -4.96. The zero-order chi connectivity index (χ0) is 64.9. The molecule has 2 unspecified atom stereocenters. The van der Waals surface area contributed by atoms with E-state index in [0.717, 1.165) is 134 Å². The molecule has 0 fully saturated rings. The summed E-state index contributed by atoms with van der Waals surface area (Å²) in [4.78, 5) is 72.2. The SMILES string of the molecule is CCCCCC/C=C\C=C/CCCCCCCC(=O)OC[C@H](COP(=O)(O)OC[C@@H](O)COP(=O)(O)OC[C@@H](COC(=O)CCCCCCCCC)OC(=O)CCCCCCCCCC)OC(=O)CCCCCCCCCCCCCCCCCC(C)C. The summed E-state index contributed by atoms with van der Waals surface area (Å²) in [6.07, 6.45) is 51.0. The van der Waals surface area contributed by atoms with Gasteiger partial charge in [0.15, 0.2) is 12.2 Å². The van der Waals surface area contributed by atoms with Gasteiger partial charge in [-0.3, -0.25) is 37.3 Å². The highest BCUT2D eigenvalue weighted by Crippen LogP contribution is 2.45. The van der Waals surface area contributed by atoms with Gasteiger partial charge in [-0.2, -0.15) is 0 Å². The Kier molecular flexibility index (Phi) is 60.3. The molecule has 3 N–H and O–H groups in total. The molecule has 0 saturated heterocycles. The molecule has 0 radical (unpaired) electrons. The second-order valence-electron chi connectivity index (χ2n) is 24.7. The Labute approximate surface area is 535 Å². The lowest BCUT2D eigenvalue weighted by Gasteiger charge is -2.21. The normalized spacial score (nSPS) is 14.3. The zero-order valence-corrected chi connectivity index (χ0v) is 58.1. The summed E-state index contributed by atoms with van der Waals surface area (Å²) >= 11 is 0. The fourth-order valence-corrected chi connectivity index (χ4v) is 11.5. The third-order valence-electron chi connectivity index (χ3n) is 15.4. The summed E-state index contributed by atoms with van der Waals surface area (Å²) in [5, 5.41) is 10.5. The van der Waals surface area contributed by atoms with Gasteiger partial charge in [0, 0.05) is 25.7 Å². The summed E-state index contributed by atoms with van der Waals surface area (Å²) in [6.45, 7) is 7.12. The highest BCUT2D eigenvalue weighted by molar-refractivity contribution is 7.47. The molecule has 0 saturated carbocycles. The van der Waals surface area contributed by atoms with Crippen molar-refractivity contribution in [3.05, 3.63) is 24.3 Å². The molecule has 0 aromatic carbocycles. The summed E-state index contributed by atoms with van der Waals surface area (Å²) in [7, 11) is -9.90. The van der Waals surface area contributed by atoms with Crippen LogP contribution in [-0.2, 0) is 65.4 Å². The maximum Gasteiger partial charge on any atom is 0.472 e. The molecule has 0 rings (SSSR count). The van der Waals surface area contributed by atoms with Gasteiger partial charge < -0.3 is 33.8 Å². The number of phosphoric ester groups is 2. The van der Waals surface area contributed by atoms with Crippen LogP contribution in [0.3, 0.4) is 0 Å². The molecule has 0 aliphatic rings. The van der Waals surface area contributed by atoms with Gasteiger partial charge in [0.25, 0.3) is 0 Å². The molecule has 88 heavy (non-hydrogen) atoms. The number of allylic oxidation sites excluding steroid dienone is 4. The van der Waals surface area contributed by atoms with Crippen LogP contribution >= 0.6 is 15.6 Å². The second-order valence-corrected chi connectivity index (χ2v) is 27.6. The predicted molar refractivity (Wildman–Crippen MR) is 354 cm³/mol. The van der Waals surface area contributed by atoms with Crippen LogP contribution in [0.15, 0.2) is 24.3 Å². The first kappa shape index (κ1) is 85.5. The largest absolute Gasteiger partial charge is 0.472 e. The zero-order valence-electron chi connectivity index (χ0n) is 56.3. The lowest BCUT2D eigenvalue weighted by atomic mass is 10.0. The molecule has 0 aliphatic carbocycles. The molecule has 0 amide bonds. The number of ether oxygens (including phenoxy) is 4. The van der Waals surface area contributed by atoms with Gasteiger partial charge in [-0.15, -0.1) is 0 Å². The highest BCUT2D eigenvalue weighted by atomic mass is 31.2. The van der Waals surface area contributed by atoms with Crippen LogP contribution in [0, 0.1) is 5.92 Å². The topological polar surface area (TPSA) is 237 Å². The first-order valence-corrected chi connectivity index (χ1v) is 38.4. The van der Waals surface area contributed by atoms with Crippen molar-refractivity contribution >= 4 is 39.5 Å². The summed E-state index contributed by atoms with van der Waals surface area (Å²) in [6, 6.07) is 0. The minimum Gasteiger partial charge on any atom is -0.462 e. The Morgan fingerprint density at radius 2 is 0.614 bits per heavy atom. The number of aliphatic hydroxyl groups excluding tert-OH is 1. The Morgan fingerprint density at radius 1 is 0.352 bits per heavy atom. The first-order valence-electron chi connectivity index (χ1n) is 35.5. The van der Waals surface area contributed by atoms with Crippen LogP contribution in [0.5, 0.6) is 0 Å². The lowest BCUT2D eigenvalue weighted by Crippen LogP contribution is -2.30. The van der Waals surface area contributed by atoms with E-state index in [1.165, 1.54) is 116 Å². The average Bonchev–Trinajstić information content (AvgIpc) is 3.61. The summed E-state index contributed by atoms with van der Waals surface area (Å²) < 4.78 is 68.0. The van der Waals surface area contributed by atoms with E-state index in [0.29, 0.717) is 25.7 Å². The quantitative estimate of drug-likeness (QED) is 0.0169. The average molecular weight is 1290 g/mol. The van der Waals surface area contributed by atoms with Gasteiger partial charge in [-0.1, -0.05) is 277 Å². The third kappa shape index (κ3) is 62.4. The van der Waals surface area contributed by atoms with Gasteiger partial charge >= 0.3 is 39.5 Å². The van der Waals surface area contributed by atoms with E-state index in [1.54, 1.807) is 0 Å². The van der Waals surface area contributed by atoms with E-state index >= 15 is 0 Å². The molecule has 0 aromatic heterocycles. The number of hydrogen-bond donors (Lipinski definition) is 3. The summed E-state index contributed by atoms with van der Waals surface area (Å²) in [5.74, 6) is -1.36. The standard InChI is InChI=1S/C69H130O17P2/c1-6-9-12-15-18-20-21-22-24-28-31-34-39-43-48-53-67(72)80-59-65(86-69(74)55-50-45-40-35-32-29-26-23-25-27-30-33-37-41-46-51-62(4)5)61-84-88(77,78)82-57-63(70)56-81-87(75,76)83-60-64(58-79-66(71)52-47-42-36-17-14-11-8-3)85-68(73)54-49-44-38-19-16-13-10-7-2/h20-22,24,62-65,70H,6-19,23,25-61H2,1-5H3,(H,75,76)(H,77,78)/b21-20-,24-22-/t63-,64+,65+/m0/s1. The number of aliphatic hydroxyl groups is 1. The van der Waals surface area contributed by atoms with E-state index in [9.17, 15) is 43.2 Å². The van der Waals surface area contributed by atoms with Crippen molar-refractivity contribution in [2.24, 2.45) is 5.92 Å². The number of carbonyl (C=O) groups is 4. The summed E-state index contributed by atoms with van der Waals surface area (Å²) in [5.41, 5.74) is 0. The van der Waals surface area contributed by atoms with Crippen LogP contribution in [-0.4, -0.2) is 96.7 Å². The molecule has 19 heteroatoms. The van der Waals surface area contributed by atoms with E-state index in [4.69, 9.17) is 37.0 Å². The fraction of sp³-hybridized carbons (Fsp3) is 0.884. The maximum absolute atomic E-state index is 13.0. The van der Waals surface area contributed by atoms with Crippen molar-refractivity contribution in [1.82, 2.24) is 0 Å². The molecular weight excluding hydrogens is 1160 g/mol. The minimum absolute atomic E-state index is 0.101. The van der Waals surface area contributed by atoms with Gasteiger partial charge in [-0.05, 0) is 57.3 Å². The van der Waals surface area contributed by atoms with E-state index in [1.807, 2.05) is 0 Å². The van der Waals surface area contributed by atoms with Crippen molar-refractivity contribution in [3.8, 4) is 0 Å². The molecule has 518 valence electrons. The second kappa shape index (κ2) is 62.0. The van der Waals surface area contributed by atoms with Gasteiger partial charge in [0.2, 0.25) is 0 Å². The van der Waals surface area contributed by atoms with Gasteiger partial charge in [-0.25, -0.2) is 9.13 Å². The lowest BCUT2D eigenvalue weighted by molar-refractivity contribution is -0.161. The Hall–Kier alpha value is -2.46. The molecule has 0 aromatic rings. The smallest absolute Gasteiger partial charge is 0.462 e. The van der Waals surface area contributed by atoms with Crippen LogP contribution in [0.4, 0.5) is 0 Å². The maximum atomic E-state index is 13.0. The number of hydrogen-bond acceptors (Lipinski definition) is 15. The first-order chi connectivity index (χ1) is 42.5. The van der Waals surface area contributed by atoms with Crippen LogP contribution in [0.1, 0.15) is 330 Å². The monoisotopic (exact) mass is 1290 g/mol. The van der Waals surface area contributed by atoms with Crippen molar-refractivity contribution in [2.75, 3.05) is 39.6 Å². The van der Waals surface area contributed by atoms with Crippen molar-refractivity contribution < 1.29 is 80.2 Å². The molecule has 5 atom stereocenters. The van der Waals surface area contributed by atoms with Crippen LogP contribution < -0.4 is 0 Å². The number of esters is 4. The molecule has 0 spiro atoms. The third-order valence-corrected chi connectivity index (χ3v) is 17.3. The van der Waals surface area contributed by atoms with Crippen LogP contribution in [0.2, 0.25) is 0 Å². The van der Waals surface area contributed by atoms with Crippen molar-refractivity contribution in [1.29, 1.82) is 0 Å². The Morgan fingerprint density at radius 3 is 0.932 bits per heavy atom. The molecular formula is C69H130O17P2. The molecule has 0 heterocycles. The molecule has 17 nitrogen and oxygen atoms in total. The number of unbranched alkanes of at least 4 members (excludes halogenated alkanes) is 36. The molecule has 0 aliphatic heterocycles. The molecule has 0 bridgehead atoms. The predicted octanol–water partition coefficient (Wildman–Crippen LogP) is 19.3.